The molecule has 2 aromatic rings. The molecule has 1 N–H and O–H groups in total. The van der Waals surface area contributed by atoms with Crippen LogP contribution < -0.4 is 0 Å². The van der Waals surface area contributed by atoms with Crippen LogP contribution in [0.25, 0.3) is 11.5 Å². The molecule has 0 radical (unpaired) electrons. The maximum Gasteiger partial charge on any atom is 0.419 e. The molecule has 90 valence electrons. The van der Waals surface area contributed by atoms with Crippen molar-refractivity contribution in [3.8, 4) is 11.5 Å². The monoisotopic (exact) mass is 264 g/mol. The molecule has 0 saturated carbocycles. The second kappa shape index (κ2) is 3.95. The minimum Gasteiger partial charge on any atom is -0.409 e. The van der Waals surface area contributed by atoms with E-state index in [1.807, 2.05) is 0 Å². The Morgan fingerprint density at radius 3 is 2.53 bits per heavy atom. The van der Waals surface area contributed by atoms with E-state index in [1.54, 1.807) is 0 Å². The van der Waals surface area contributed by atoms with E-state index in [2.05, 4.69) is 22.4 Å². The topological polar surface area (TPSA) is 41.8 Å². The molecule has 1 heterocycles. The van der Waals surface area contributed by atoms with E-state index in [-0.39, 0.29) is 10.7 Å². The molecule has 0 aliphatic carbocycles. The van der Waals surface area contributed by atoms with Crippen LogP contribution in [-0.4, -0.2) is 10.2 Å². The van der Waals surface area contributed by atoms with E-state index in [0.717, 1.165) is 12.1 Å². The maximum absolute atomic E-state index is 13.6. The van der Waals surface area contributed by atoms with E-state index < -0.39 is 23.1 Å². The van der Waals surface area contributed by atoms with Gasteiger partial charge in [0.1, 0.15) is 5.82 Å². The predicted octanol–water partition coefficient (Wildman–Crippen LogP) is 3.56. The van der Waals surface area contributed by atoms with E-state index in [4.69, 9.17) is 4.42 Å². The van der Waals surface area contributed by atoms with Crippen molar-refractivity contribution < 1.29 is 22.0 Å². The van der Waals surface area contributed by atoms with Crippen molar-refractivity contribution in [1.29, 1.82) is 0 Å². The van der Waals surface area contributed by atoms with Crippen LogP contribution in [0.15, 0.2) is 22.6 Å². The lowest BCUT2D eigenvalue weighted by molar-refractivity contribution is -0.139. The van der Waals surface area contributed by atoms with Crippen LogP contribution in [-0.2, 0) is 6.18 Å². The molecular weight excluding hydrogens is 260 g/mol. The van der Waals surface area contributed by atoms with Gasteiger partial charge >= 0.3 is 6.18 Å². The lowest BCUT2D eigenvalue weighted by Crippen LogP contribution is -2.08. The van der Waals surface area contributed by atoms with Crippen LogP contribution in [0.3, 0.4) is 0 Å². The Morgan fingerprint density at radius 2 is 2.00 bits per heavy atom. The Balaban J connectivity index is 2.61. The van der Waals surface area contributed by atoms with Gasteiger partial charge in [-0.1, -0.05) is 6.07 Å². The second-order valence-corrected chi connectivity index (χ2v) is 3.45. The van der Waals surface area contributed by atoms with Gasteiger partial charge < -0.3 is 4.42 Å². The fourth-order valence-electron chi connectivity index (χ4n) is 1.26. The van der Waals surface area contributed by atoms with Gasteiger partial charge in [-0.25, -0.2) is 9.49 Å². The van der Waals surface area contributed by atoms with Gasteiger partial charge in [0.05, 0.1) is 11.1 Å². The first-order valence-electron chi connectivity index (χ1n) is 4.31. The van der Waals surface area contributed by atoms with Crippen LogP contribution in [0.1, 0.15) is 5.56 Å². The van der Waals surface area contributed by atoms with Crippen molar-refractivity contribution in [3.05, 3.63) is 34.4 Å². The van der Waals surface area contributed by atoms with Crippen LogP contribution in [0.5, 0.6) is 0 Å². The smallest absolute Gasteiger partial charge is 0.409 e. The molecule has 1 aromatic heterocycles. The van der Waals surface area contributed by atoms with Gasteiger partial charge in [-0.05, 0) is 24.4 Å². The molecule has 0 aliphatic heterocycles. The lowest BCUT2D eigenvalue weighted by Gasteiger charge is -2.08. The van der Waals surface area contributed by atoms with Crippen molar-refractivity contribution in [2.45, 2.75) is 6.18 Å². The molecule has 0 fully saturated rings. The van der Waals surface area contributed by atoms with Gasteiger partial charge in [0.2, 0.25) is 5.89 Å². The third-order valence-corrected chi connectivity index (χ3v) is 2.15. The predicted molar refractivity (Wildman–Crippen MR) is 52.1 cm³/mol. The van der Waals surface area contributed by atoms with Crippen LogP contribution in [0.2, 0.25) is 0 Å². The molecule has 1 aromatic carbocycles. The summed E-state index contributed by atoms with van der Waals surface area (Å²) < 4.78 is 55.6. The summed E-state index contributed by atoms with van der Waals surface area (Å²) in [7, 11) is 0. The number of benzene rings is 1. The van der Waals surface area contributed by atoms with E-state index in [1.165, 1.54) is 0 Å². The van der Waals surface area contributed by atoms with Crippen LogP contribution >= 0.6 is 12.2 Å². The zero-order valence-corrected chi connectivity index (χ0v) is 8.82. The highest BCUT2D eigenvalue weighted by Gasteiger charge is 2.35. The zero-order valence-electron chi connectivity index (χ0n) is 8.01. The van der Waals surface area contributed by atoms with Gasteiger partial charge in [-0.3, -0.25) is 0 Å². The summed E-state index contributed by atoms with van der Waals surface area (Å²) in [6, 6.07) is 2.83. The number of hydrogen-bond acceptors (Lipinski definition) is 3. The first-order valence-corrected chi connectivity index (χ1v) is 4.72. The van der Waals surface area contributed by atoms with E-state index in [0.29, 0.717) is 6.07 Å². The summed E-state index contributed by atoms with van der Waals surface area (Å²) in [5.41, 5.74) is -1.77. The number of hydrogen-bond donors (Lipinski definition) is 1. The molecule has 3 nitrogen and oxygen atoms in total. The zero-order chi connectivity index (χ0) is 12.6. The summed E-state index contributed by atoms with van der Waals surface area (Å²) >= 11 is 4.55. The molecule has 0 bridgehead atoms. The minimum absolute atomic E-state index is 0.142. The third kappa shape index (κ3) is 2.21. The second-order valence-electron chi connectivity index (χ2n) is 3.08. The first-order chi connectivity index (χ1) is 7.89. The fourth-order valence-corrected chi connectivity index (χ4v) is 1.39. The number of nitrogens with one attached hydrogen (secondary N) is 1. The summed E-state index contributed by atoms with van der Waals surface area (Å²) in [4.78, 5) is -0.142. The number of aromatic amines is 1. The Labute approximate surface area is 97.1 Å². The van der Waals surface area contributed by atoms with Gasteiger partial charge in [-0.15, -0.1) is 5.10 Å². The van der Waals surface area contributed by atoms with E-state index in [9.17, 15) is 17.6 Å². The summed E-state index contributed by atoms with van der Waals surface area (Å²) in [6.07, 6.45) is -4.77. The highest BCUT2D eigenvalue weighted by molar-refractivity contribution is 7.71. The number of H-pyrrole nitrogens is 1. The Morgan fingerprint density at radius 1 is 1.29 bits per heavy atom. The molecule has 8 heteroatoms. The largest absolute Gasteiger partial charge is 0.419 e. The molecule has 0 atom stereocenters. The Hall–Kier alpha value is -1.70. The summed E-state index contributed by atoms with van der Waals surface area (Å²) in [5, 5.41) is 5.67. The number of halogens is 4. The van der Waals surface area contributed by atoms with Crippen LogP contribution in [0, 0.1) is 10.7 Å². The van der Waals surface area contributed by atoms with Crippen LogP contribution in [0.4, 0.5) is 17.6 Å². The summed E-state index contributed by atoms with van der Waals surface area (Å²) in [6.45, 7) is 0. The van der Waals surface area contributed by atoms with Crippen molar-refractivity contribution in [3.63, 3.8) is 0 Å². The lowest BCUT2D eigenvalue weighted by atomic mass is 10.1. The first kappa shape index (κ1) is 11.8. The minimum atomic E-state index is -4.77. The molecule has 0 saturated heterocycles. The van der Waals surface area contributed by atoms with Crippen molar-refractivity contribution >= 4 is 12.2 Å². The quantitative estimate of drug-likeness (QED) is 0.632. The standard InChI is InChI=1S/C9H4F4N2OS/c10-6-4(7-14-15-8(17)16-7)2-1-3-5(6)9(11,12)13/h1-3H,(H,15,17). The summed E-state index contributed by atoms with van der Waals surface area (Å²) in [5.74, 6) is -1.76. The van der Waals surface area contributed by atoms with Gasteiger partial charge in [0, 0.05) is 0 Å². The number of rotatable bonds is 1. The third-order valence-electron chi connectivity index (χ3n) is 1.97. The molecule has 17 heavy (non-hydrogen) atoms. The SMILES string of the molecule is Fc1c(-c2n[nH]c(=S)o2)cccc1C(F)(F)F. The average Bonchev–Trinajstić information content (AvgIpc) is 2.63. The molecule has 0 amide bonds. The highest BCUT2D eigenvalue weighted by Crippen LogP contribution is 2.34. The molecule has 0 aliphatic rings. The normalized spacial score (nSPS) is 11.8. The molecule has 0 spiro atoms. The molecule has 0 unspecified atom stereocenters. The van der Waals surface area contributed by atoms with Crippen molar-refractivity contribution in [1.82, 2.24) is 10.2 Å². The van der Waals surface area contributed by atoms with Gasteiger partial charge in [0.25, 0.3) is 4.84 Å². The fraction of sp³-hybridized carbons (Fsp3) is 0.111. The van der Waals surface area contributed by atoms with E-state index >= 15 is 0 Å². The molecular formula is C9H4F4N2OS. The Bertz CT molecular complexity index is 602. The average molecular weight is 264 g/mol. The number of nitrogens with zero attached hydrogens (tertiary/aromatic N) is 1. The Kier molecular flexibility index (Phi) is 2.74. The molecule has 2 rings (SSSR count). The van der Waals surface area contributed by atoms with Crippen molar-refractivity contribution in [2.75, 3.05) is 0 Å². The maximum atomic E-state index is 13.6. The van der Waals surface area contributed by atoms with Gasteiger partial charge in [0.15, 0.2) is 0 Å². The van der Waals surface area contributed by atoms with Crippen molar-refractivity contribution in [2.24, 2.45) is 0 Å². The number of aromatic nitrogens is 2. The number of alkyl halides is 3. The highest BCUT2D eigenvalue weighted by atomic mass is 32.1. The van der Waals surface area contributed by atoms with Gasteiger partial charge in [-0.2, -0.15) is 13.2 Å².